The van der Waals surface area contributed by atoms with Gasteiger partial charge >= 0.3 is 0 Å². The Labute approximate surface area is 95.3 Å². The van der Waals surface area contributed by atoms with Crippen molar-refractivity contribution in [1.29, 1.82) is 0 Å². The predicted octanol–water partition coefficient (Wildman–Crippen LogP) is 1.97. The van der Waals surface area contributed by atoms with E-state index < -0.39 is 5.91 Å². The topological polar surface area (TPSA) is 61.6 Å². The van der Waals surface area contributed by atoms with Crippen LogP contribution in [-0.4, -0.2) is 19.6 Å². The van der Waals surface area contributed by atoms with E-state index in [2.05, 4.69) is 6.92 Å². The van der Waals surface area contributed by atoms with Gasteiger partial charge < -0.3 is 15.2 Å². The fourth-order valence-corrected chi connectivity index (χ4v) is 1.28. The van der Waals surface area contributed by atoms with E-state index >= 15 is 0 Å². The summed E-state index contributed by atoms with van der Waals surface area (Å²) in [7, 11) is 1.56. The zero-order chi connectivity index (χ0) is 12.0. The van der Waals surface area contributed by atoms with E-state index in [0.717, 1.165) is 12.8 Å². The number of carbonyl (C=O) groups excluding carboxylic acids is 1. The minimum absolute atomic E-state index is 0.386. The molecule has 0 saturated carbocycles. The Morgan fingerprint density at radius 1 is 1.44 bits per heavy atom. The second-order valence-corrected chi connectivity index (χ2v) is 3.43. The zero-order valence-electron chi connectivity index (χ0n) is 9.66. The maximum Gasteiger partial charge on any atom is 0.252 e. The van der Waals surface area contributed by atoms with Gasteiger partial charge in [-0.1, -0.05) is 13.3 Å². The van der Waals surface area contributed by atoms with E-state index in [4.69, 9.17) is 15.2 Å². The van der Waals surface area contributed by atoms with E-state index in [9.17, 15) is 4.79 Å². The second kappa shape index (κ2) is 6.00. The molecule has 16 heavy (non-hydrogen) atoms. The van der Waals surface area contributed by atoms with Gasteiger partial charge in [0, 0.05) is 6.07 Å². The van der Waals surface area contributed by atoms with Gasteiger partial charge in [-0.05, 0) is 18.6 Å². The van der Waals surface area contributed by atoms with Crippen LogP contribution in [-0.2, 0) is 0 Å². The van der Waals surface area contributed by atoms with Gasteiger partial charge in [0.15, 0.2) is 0 Å². The number of methoxy groups -OCH3 is 1. The quantitative estimate of drug-likeness (QED) is 0.750. The number of nitrogens with two attached hydrogens (primary N) is 1. The summed E-state index contributed by atoms with van der Waals surface area (Å²) in [6.07, 6.45) is 1.98. The summed E-state index contributed by atoms with van der Waals surface area (Å²) in [5.41, 5.74) is 5.64. The van der Waals surface area contributed by atoms with Gasteiger partial charge in [0.25, 0.3) is 5.91 Å². The van der Waals surface area contributed by atoms with Crippen LogP contribution in [0, 0.1) is 0 Å². The number of primary amides is 1. The van der Waals surface area contributed by atoms with Crippen LogP contribution >= 0.6 is 0 Å². The van der Waals surface area contributed by atoms with Crippen molar-refractivity contribution in [1.82, 2.24) is 0 Å². The molecule has 1 rings (SSSR count). The fourth-order valence-electron chi connectivity index (χ4n) is 1.28. The molecule has 0 saturated heterocycles. The Kier molecular flexibility index (Phi) is 4.64. The maximum absolute atomic E-state index is 11.2. The third-order valence-corrected chi connectivity index (χ3v) is 2.21. The first-order valence-electron chi connectivity index (χ1n) is 5.29. The molecule has 1 amide bonds. The van der Waals surface area contributed by atoms with Crippen LogP contribution < -0.4 is 15.2 Å². The predicted molar refractivity (Wildman–Crippen MR) is 61.9 cm³/mol. The highest BCUT2D eigenvalue weighted by atomic mass is 16.5. The van der Waals surface area contributed by atoms with E-state index in [0.29, 0.717) is 23.7 Å². The first-order chi connectivity index (χ1) is 7.69. The van der Waals surface area contributed by atoms with Crippen LogP contribution in [0.4, 0.5) is 0 Å². The second-order valence-electron chi connectivity index (χ2n) is 3.43. The SMILES string of the molecule is CCCCOc1cc(OC)ccc1C(N)=O. The lowest BCUT2D eigenvalue weighted by atomic mass is 10.2. The number of hydrogen-bond donors (Lipinski definition) is 1. The van der Waals surface area contributed by atoms with Crippen LogP contribution in [0.1, 0.15) is 30.1 Å². The van der Waals surface area contributed by atoms with Crippen LogP contribution in [0.15, 0.2) is 18.2 Å². The minimum atomic E-state index is -0.492. The number of unbranched alkanes of at least 4 members (excludes halogenated alkanes) is 1. The number of amides is 1. The van der Waals surface area contributed by atoms with Crippen LogP contribution in [0.25, 0.3) is 0 Å². The fraction of sp³-hybridized carbons (Fsp3) is 0.417. The molecule has 0 spiro atoms. The number of ether oxygens (including phenoxy) is 2. The highest BCUT2D eigenvalue weighted by molar-refractivity contribution is 5.95. The van der Waals surface area contributed by atoms with Gasteiger partial charge in [-0.25, -0.2) is 0 Å². The largest absolute Gasteiger partial charge is 0.497 e. The van der Waals surface area contributed by atoms with Gasteiger partial charge in [-0.15, -0.1) is 0 Å². The van der Waals surface area contributed by atoms with Gasteiger partial charge in [0.2, 0.25) is 0 Å². The van der Waals surface area contributed by atoms with Crippen molar-refractivity contribution >= 4 is 5.91 Å². The monoisotopic (exact) mass is 223 g/mol. The third-order valence-electron chi connectivity index (χ3n) is 2.21. The molecule has 0 heterocycles. The Morgan fingerprint density at radius 3 is 2.75 bits per heavy atom. The Balaban J connectivity index is 2.87. The lowest BCUT2D eigenvalue weighted by Gasteiger charge is -2.10. The van der Waals surface area contributed by atoms with Crippen molar-refractivity contribution in [3.8, 4) is 11.5 Å². The molecule has 4 heteroatoms. The summed E-state index contributed by atoms with van der Waals surface area (Å²) < 4.78 is 10.6. The van der Waals surface area contributed by atoms with E-state index in [1.54, 1.807) is 25.3 Å². The standard InChI is InChI=1S/C12H17NO3/c1-3-4-7-16-11-8-9(15-2)5-6-10(11)12(13)14/h5-6,8H,3-4,7H2,1-2H3,(H2,13,14). The molecule has 0 aromatic heterocycles. The minimum Gasteiger partial charge on any atom is -0.497 e. The Hall–Kier alpha value is -1.71. The summed E-state index contributed by atoms with van der Waals surface area (Å²) in [5.74, 6) is 0.644. The molecule has 1 aromatic rings. The molecule has 1 aromatic carbocycles. The number of carbonyl (C=O) groups is 1. The van der Waals surface area contributed by atoms with Crippen LogP contribution in [0.3, 0.4) is 0 Å². The smallest absolute Gasteiger partial charge is 0.252 e. The van der Waals surface area contributed by atoms with Crippen molar-refractivity contribution in [2.45, 2.75) is 19.8 Å². The normalized spacial score (nSPS) is 9.88. The van der Waals surface area contributed by atoms with Gasteiger partial charge in [-0.2, -0.15) is 0 Å². The molecule has 88 valence electrons. The van der Waals surface area contributed by atoms with Crippen LogP contribution in [0.2, 0.25) is 0 Å². The average molecular weight is 223 g/mol. The van der Waals surface area contributed by atoms with Crippen molar-refractivity contribution in [2.75, 3.05) is 13.7 Å². The summed E-state index contributed by atoms with van der Waals surface area (Å²) in [4.78, 5) is 11.2. The molecule has 2 N–H and O–H groups in total. The Morgan fingerprint density at radius 2 is 2.19 bits per heavy atom. The summed E-state index contributed by atoms with van der Waals surface area (Å²) >= 11 is 0. The van der Waals surface area contributed by atoms with Gasteiger partial charge in [-0.3, -0.25) is 4.79 Å². The summed E-state index contributed by atoms with van der Waals surface area (Å²) in [5, 5.41) is 0. The summed E-state index contributed by atoms with van der Waals surface area (Å²) in [6.45, 7) is 2.65. The summed E-state index contributed by atoms with van der Waals surface area (Å²) in [6, 6.07) is 4.98. The molecule has 0 unspecified atom stereocenters. The molecular weight excluding hydrogens is 206 g/mol. The lowest BCUT2D eigenvalue weighted by Crippen LogP contribution is -2.13. The molecule has 4 nitrogen and oxygen atoms in total. The lowest BCUT2D eigenvalue weighted by molar-refractivity contribution is 0.0996. The van der Waals surface area contributed by atoms with Gasteiger partial charge in [0.05, 0.1) is 19.3 Å². The van der Waals surface area contributed by atoms with Crippen molar-refractivity contribution in [3.05, 3.63) is 23.8 Å². The van der Waals surface area contributed by atoms with E-state index in [-0.39, 0.29) is 0 Å². The highest BCUT2D eigenvalue weighted by Crippen LogP contribution is 2.24. The molecule has 0 aliphatic heterocycles. The Bertz CT molecular complexity index is 363. The number of hydrogen-bond acceptors (Lipinski definition) is 3. The first-order valence-corrected chi connectivity index (χ1v) is 5.29. The first kappa shape index (κ1) is 12.4. The number of rotatable bonds is 6. The zero-order valence-corrected chi connectivity index (χ0v) is 9.66. The molecular formula is C12H17NO3. The molecule has 0 aliphatic carbocycles. The van der Waals surface area contributed by atoms with Crippen LogP contribution in [0.5, 0.6) is 11.5 Å². The molecule has 0 bridgehead atoms. The third kappa shape index (κ3) is 3.15. The highest BCUT2D eigenvalue weighted by Gasteiger charge is 2.10. The van der Waals surface area contributed by atoms with Crippen molar-refractivity contribution in [3.63, 3.8) is 0 Å². The molecule has 0 fully saturated rings. The van der Waals surface area contributed by atoms with E-state index in [1.807, 2.05) is 0 Å². The van der Waals surface area contributed by atoms with Crippen molar-refractivity contribution < 1.29 is 14.3 Å². The van der Waals surface area contributed by atoms with E-state index in [1.165, 1.54) is 0 Å². The van der Waals surface area contributed by atoms with Gasteiger partial charge in [0.1, 0.15) is 11.5 Å². The average Bonchev–Trinajstić information content (AvgIpc) is 2.29. The molecule has 0 atom stereocenters. The van der Waals surface area contributed by atoms with Crippen molar-refractivity contribution in [2.24, 2.45) is 5.73 Å². The molecule has 0 aliphatic rings. The molecule has 0 radical (unpaired) electrons. The number of benzene rings is 1. The maximum atomic E-state index is 11.2.